The summed E-state index contributed by atoms with van der Waals surface area (Å²) in [6, 6.07) is 66.9. The van der Waals surface area contributed by atoms with Gasteiger partial charge in [0.25, 0.3) is 5.78 Å². The van der Waals surface area contributed by atoms with Crippen LogP contribution in [0.2, 0.25) is 0 Å². The minimum Gasteiger partial charge on any atom is -0.457 e. The van der Waals surface area contributed by atoms with Crippen LogP contribution in [0, 0.1) is 0 Å². The lowest BCUT2D eigenvalue weighted by atomic mass is 10.1. The molecular formula is C55H36N6O5. The molecule has 0 unspecified atom stereocenters. The van der Waals surface area contributed by atoms with Crippen LogP contribution in [0.15, 0.2) is 218 Å². The third-order valence-electron chi connectivity index (χ3n) is 10.1. The molecule has 316 valence electrons. The lowest BCUT2D eigenvalue weighted by Crippen LogP contribution is -2.16. The third kappa shape index (κ3) is 9.22. The van der Waals surface area contributed by atoms with Crippen molar-refractivity contribution >= 4 is 5.78 Å². The van der Waals surface area contributed by atoms with Gasteiger partial charge in [0.1, 0.15) is 46.0 Å². The van der Waals surface area contributed by atoms with Crippen molar-refractivity contribution in [3.05, 3.63) is 230 Å². The molecular weight excluding hydrogens is 825 g/mol. The number of hydrogen-bond acceptors (Lipinski definition) is 11. The van der Waals surface area contributed by atoms with Crippen LogP contribution in [0.4, 0.5) is 0 Å². The number of nitrogens with zero attached hydrogens (tertiary/aromatic N) is 6. The molecule has 11 nitrogen and oxygen atoms in total. The second kappa shape index (κ2) is 19.0. The van der Waals surface area contributed by atoms with Crippen LogP contribution in [-0.2, 0) is 0 Å². The Bertz CT molecular complexity index is 2860. The van der Waals surface area contributed by atoms with Crippen molar-refractivity contribution in [1.82, 2.24) is 29.9 Å². The second-order valence-corrected chi connectivity index (χ2v) is 14.6. The van der Waals surface area contributed by atoms with E-state index in [1.54, 1.807) is 0 Å². The van der Waals surface area contributed by atoms with Crippen molar-refractivity contribution < 1.29 is 23.7 Å². The first-order valence-electron chi connectivity index (χ1n) is 21.0. The van der Waals surface area contributed by atoms with E-state index >= 15 is 4.79 Å². The molecule has 2 aromatic heterocycles. The van der Waals surface area contributed by atoms with Crippen LogP contribution in [0.25, 0.3) is 45.6 Å². The van der Waals surface area contributed by atoms with Crippen molar-refractivity contribution in [2.75, 3.05) is 0 Å². The van der Waals surface area contributed by atoms with Gasteiger partial charge in [-0.25, -0.2) is 29.9 Å². The van der Waals surface area contributed by atoms with Gasteiger partial charge < -0.3 is 18.9 Å². The van der Waals surface area contributed by atoms with Gasteiger partial charge in [0.2, 0.25) is 11.6 Å². The molecule has 0 radical (unpaired) electrons. The van der Waals surface area contributed by atoms with Gasteiger partial charge in [-0.3, -0.25) is 4.79 Å². The number of aromatic nitrogens is 6. The summed E-state index contributed by atoms with van der Waals surface area (Å²) in [7, 11) is 0. The molecule has 10 rings (SSSR count). The molecule has 10 aromatic rings. The Labute approximate surface area is 379 Å². The Morgan fingerprint density at radius 2 is 0.470 bits per heavy atom. The zero-order chi connectivity index (χ0) is 44.5. The van der Waals surface area contributed by atoms with E-state index in [-0.39, 0.29) is 34.9 Å². The van der Waals surface area contributed by atoms with E-state index in [0.29, 0.717) is 68.2 Å². The molecule has 0 saturated carbocycles. The Kier molecular flexibility index (Phi) is 11.7. The van der Waals surface area contributed by atoms with Crippen molar-refractivity contribution in [2.24, 2.45) is 0 Å². The molecule has 0 aliphatic rings. The summed E-state index contributed by atoms with van der Waals surface area (Å²) < 4.78 is 25.5. The van der Waals surface area contributed by atoms with E-state index in [1.807, 2.05) is 218 Å². The number of para-hydroxylation sites is 8. The minimum absolute atomic E-state index is 0.169. The summed E-state index contributed by atoms with van der Waals surface area (Å²) in [6.45, 7) is 0. The first-order chi connectivity index (χ1) is 32.6. The van der Waals surface area contributed by atoms with Crippen molar-refractivity contribution in [1.29, 1.82) is 0 Å². The largest absolute Gasteiger partial charge is 0.457 e. The Hall–Kier alpha value is -9.35. The quantitative estimate of drug-likeness (QED) is 0.0968. The van der Waals surface area contributed by atoms with Crippen molar-refractivity contribution in [3.63, 3.8) is 0 Å². The van der Waals surface area contributed by atoms with E-state index in [4.69, 9.17) is 48.9 Å². The Balaban J connectivity index is 1.15. The average Bonchev–Trinajstić information content (AvgIpc) is 3.38. The summed E-state index contributed by atoms with van der Waals surface area (Å²) in [5.74, 6) is 3.78. The number of ether oxygens (including phenoxy) is 4. The van der Waals surface area contributed by atoms with Gasteiger partial charge in [-0.1, -0.05) is 121 Å². The maximum Gasteiger partial charge on any atom is 0.267 e. The van der Waals surface area contributed by atoms with Gasteiger partial charge in [0.05, 0.1) is 22.3 Å². The highest BCUT2D eigenvalue weighted by Crippen LogP contribution is 2.38. The zero-order valence-corrected chi connectivity index (χ0v) is 35.0. The van der Waals surface area contributed by atoms with Gasteiger partial charge in [0, 0.05) is 0 Å². The number of carbonyl (C=O) groups is 1. The summed E-state index contributed by atoms with van der Waals surface area (Å²) in [5, 5.41) is 0. The topological polar surface area (TPSA) is 131 Å². The Morgan fingerprint density at radius 3 is 0.712 bits per heavy atom. The van der Waals surface area contributed by atoms with E-state index in [0.717, 1.165) is 0 Å². The van der Waals surface area contributed by atoms with Gasteiger partial charge in [-0.05, 0) is 97.1 Å². The summed E-state index contributed by atoms with van der Waals surface area (Å²) in [6.07, 6.45) is 0. The van der Waals surface area contributed by atoms with Crippen LogP contribution in [0.1, 0.15) is 16.4 Å². The second-order valence-electron chi connectivity index (χ2n) is 14.6. The molecule has 66 heavy (non-hydrogen) atoms. The maximum atomic E-state index is 15.3. The molecule has 0 atom stereocenters. The monoisotopic (exact) mass is 860 g/mol. The summed E-state index contributed by atoms with van der Waals surface area (Å²) in [4.78, 5) is 44.5. The smallest absolute Gasteiger partial charge is 0.267 e. The van der Waals surface area contributed by atoms with Crippen molar-refractivity contribution in [3.8, 4) is 91.5 Å². The SMILES string of the molecule is O=C(c1nc(-c2ccccc2Oc2ccccc2)nc(-c2ccccc2Oc2ccccc2)n1)c1nc(-c2ccccc2Oc2ccccc2)nc(-c2ccccc2Oc2ccccc2)n1. The number of benzene rings is 8. The predicted octanol–water partition coefficient (Wildman–Crippen LogP) is 13.1. The zero-order valence-electron chi connectivity index (χ0n) is 35.0. The van der Waals surface area contributed by atoms with Gasteiger partial charge in [-0.15, -0.1) is 0 Å². The number of rotatable bonds is 14. The fourth-order valence-electron chi connectivity index (χ4n) is 6.96. The molecule has 0 N–H and O–H groups in total. The van der Waals surface area contributed by atoms with Gasteiger partial charge >= 0.3 is 0 Å². The highest BCUT2D eigenvalue weighted by molar-refractivity contribution is 6.04. The van der Waals surface area contributed by atoms with Crippen LogP contribution in [0.5, 0.6) is 46.0 Å². The molecule has 2 heterocycles. The van der Waals surface area contributed by atoms with Crippen LogP contribution < -0.4 is 18.9 Å². The summed E-state index contributed by atoms with van der Waals surface area (Å²) in [5.41, 5.74) is 2.04. The molecule has 11 heteroatoms. The third-order valence-corrected chi connectivity index (χ3v) is 10.1. The number of ketones is 1. The lowest BCUT2D eigenvalue weighted by Gasteiger charge is -2.15. The predicted molar refractivity (Wildman–Crippen MR) is 251 cm³/mol. The Morgan fingerprint density at radius 1 is 0.258 bits per heavy atom. The van der Waals surface area contributed by atoms with Crippen LogP contribution >= 0.6 is 0 Å². The molecule has 0 aliphatic carbocycles. The van der Waals surface area contributed by atoms with Crippen LogP contribution in [-0.4, -0.2) is 35.7 Å². The van der Waals surface area contributed by atoms with E-state index in [9.17, 15) is 0 Å². The van der Waals surface area contributed by atoms with Gasteiger partial charge in [-0.2, -0.15) is 0 Å². The van der Waals surface area contributed by atoms with Crippen molar-refractivity contribution in [2.45, 2.75) is 0 Å². The van der Waals surface area contributed by atoms with E-state index in [1.165, 1.54) is 0 Å². The van der Waals surface area contributed by atoms with E-state index < -0.39 is 5.78 Å². The van der Waals surface area contributed by atoms with Gasteiger partial charge in [0.15, 0.2) is 23.3 Å². The molecule has 0 fully saturated rings. The standard InChI is InChI=1S/C55H36N6O5/c62-49(54-58-50(41-29-13-17-33-45(41)63-37-21-5-1-6-22-37)56-51(59-54)42-30-14-18-34-46(42)64-38-23-7-2-8-24-38)55-60-52(43-31-15-19-35-47(43)65-39-25-9-3-10-26-39)57-53(61-55)44-32-16-20-36-48(44)66-40-27-11-4-12-28-40/h1-36H. The minimum atomic E-state index is -0.698. The van der Waals surface area contributed by atoms with E-state index in [2.05, 4.69) is 0 Å². The lowest BCUT2D eigenvalue weighted by molar-refractivity contribution is 0.101. The fourth-order valence-corrected chi connectivity index (χ4v) is 6.96. The molecule has 8 aromatic carbocycles. The number of hydrogen-bond donors (Lipinski definition) is 0. The van der Waals surface area contributed by atoms with Crippen LogP contribution in [0.3, 0.4) is 0 Å². The first-order valence-corrected chi connectivity index (χ1v) is 21.0. The molecule has 0 spiro atoms. The molecule has 0 bridgehead atoms. The molecule has 0 saturated heterocycles. The number of carbonyl (C=O) groups excluding carboxylic acids is 1. The highest BCUT2D eigenvalue weighted by Gasteiger charge is 2.26. The average molecular weight is 861 g/mol. The maximum absolute atomic E-state index is 15.3. The molecule has 0 amide bonds. The molecule has 0 aliphatic heterocycles. The first kappa shape index (κ1) is 40.7. The fraction of sp³-hybridized carbons (Fsp3) is 0. The normalized spacial score (nSPS) is 10.8. The summed E-state index contributed by atoms with van der Waals surface area (Å²) >= 11 is 0. The highest BCUT2D eigenvalue weighted by atomic mass is 16.5.